The van der Waals surface area contributed by atoms with E-state index in [-0.39, 0.29) is 18.0 Å². The Morgan fingerprint density at radius 2 is 2.14 bits per heavy atom. The number of hydrogen-bond acceptors (Lipinski definition) is 5. The normalized spacial score (nSPS) is 19.9. The Hall–Kier alpha value is -1.96. The van der Waals surface area contributed by atoms with E-state index in [0.717, 1.165) is 4.70 Å². The van der Waals surface area contributed by atoms with Gasteiger partial charge in [-0.2, -0.15) is 18.3 Å². The molecular weight excluding hydrogens is 315 g/mol. The minimum atomic E-state index is -4.63. The number of ketones is 1. The molecule has 8 heteroatoms. The molecule has 1 heterocycles. The van der Waals surface area contributed by atoms with Crippen LogP contribution in [0.2, 0.25) is 0 Å². The highest BCUT2D eigenvalue weighted by Gasteiger charge is 2.45. The number of hydrazone groups is 1. The van der Waals surface area contributed by atoms with Crippen molar-refractivity contribution in [1.82, 2.24) is 4.98 Å². The Labute approximate surface area is 128 Å². The summed E-state index contributed by atoms with van der Waals surface area (Å²) in [6.45, 7) is 0. The third-order valence-electron chi connectivity index (χ3n) is 3.49. The summed E-state index contributed by atoms with van der Waals surface area (Å²) in [7, 11) is 0. The van der Waals surface area contributed by atoms with Crippen LogP contribution >= 0.6 is 11.3 Å². The smallest absolute Gasteiger partial charge is 0.299 e. The van der Waals surface area contributed by atoms with Crippen molar-refractivity contribution in [1.29, 1.82) is 0 Å². The first-order valence-electron chi connectivity index (χ1n) is 6.74. The van der Waals surface area contributed by atoms with Crippen LogP contribution in [0.1, 0.15) is 19.3 Å². The quantitative estimate of drug-likeness (QED) is 0.685. The summed E-state index contributed by atoms with van der Waals surface area (Å²) in [5, 5.41) is 3.73. The van der Waals surface area contributed by atoms with E-state index in [2.05, 4.69) is 15.5 Å². The number of halogens is 3. The molecule has 0 bridgehead atoms. The average molecular weight is 327 g/mol. The summed E-state index contributed by atoms with van der Waals surface area (Å²) in [6, 6.07) is 7.22. The van der Waals surface area contributed by atoms with Crippen LogP contribution in [0.3, 0.4) is 0 Å². The highest BCUT2D eigenvalue weighted by atomic mass is 32.1. The summed E-state index contributed by atoms with van der Waals surface area (Å²) < 4.78 is 40.2. The lowest BCUT2D eigenvalue weighted by Crippen LogP contribution is -2.33. The Bertz CT molecular complexity index is 705. The van der Waals surface area contributed by atoms with Gasteiger partial charge in [-0.25, -0.2) is 4.98 Å². The number of anilines is 1. The van der Waals surface area contributed by atoms with Gasteiger partial charge in [-0.15, -0.1) is 0 Å². The lowest BCUT2D eigenvalue weighted by Gasteiger charge is -2.15. The number of nitrogens with one attached hydrogen (secondary N) is 1. The van der Waals surface area contributed by atoms with Crippen molar-refractivity contribution < 1.29 is 18.0 Å². The first-order valence-corrected chi connectivity index (χ1v) is 7.56. The molecule has 1 aromatic carbocycles. The standard InChI is InChI=1S/C14H12F3N3OS/c15-14(16,17)12(8-4-3-6-10(8)21)19-20-13-18-9-5-1-2-7-11(9)22-13/h1-2,5,7-8H,3-4,6H2,(H,18,20)/b19-12+/t8-/m0/s1. The molecule has 0 unspecified atom stereocenters. The molecule has 22 heavy (non-hydrogen) atoms. The molecule has 0 aliphatic heterocycles. The van der Waals surface area contributed by atoms with Crippen LogP contribution < -0.4 is 5.43 Å². The Morgan fingerprint density at radius 1 is 1.36 bits per heavy atom. The van der Waals surface area contributed by atoms with E-state index < -0.39 is 23.6 Å². The van der Waals surface area contributed by atoms with Gasteiger partial charge in [0.1, 0.15) is 5.78 Å². The number of benzene rings is 1. The molecule has 1 atom stereocenters. The SMILES string of the molecule is O=C1CCC[C@@H]1/C(=N\Nc1nc2ccccc2s1)C(F)(F)F. The number of fused-ring (bicyclic) bond motifs is 1. The zero-order valence-corrected chi connectivity index (χ0v) is 12.2. The average Bonchev–Trinajstić information content (AvgIpc) is 3.04. The third-order valence-corrected chi connectivity index (χ3v) is 4.43. The zero-order valence-electron chi connectivity index (χ0n) is 11.4. The first kappa shape index (κ1) is 15.0. The molecule has 1 fully saturated rings. The van der Waals surface area contributed by atoms with E-state index in [1.54, 1.807) is 12.1 Å². The van der Waals surface area contributed by atoms with E-state index in [0.29, 0.717) is 11.9 Å². The minimum absolute atomic E-state index is 0.181. The zero-order chi connectivity index (χ0) is 15.7. The maximum atomic E-state index is 13.1. The molecule has 1 N–H and O–H groups in total. The second-order valence-corrected chi connectivity index (χ2v) is 6.04. The molecule has 2 aromatic rings. The van der Waals surface area contributed by atoms with Crippen molar-refractivity contribution in [2.75, 3.05) is 5.43 Å². The van der Waals surface area contributed by atoms with Crippen molar-refractivity contribution >= 4 is 38.2 Å². The highest BCUT2D eigenvalue weighted by molar-refractivity contribution is 7.22. The lowest BCUT2D eigenvalue weighted by molar-refractivity contribution is -0.120. The summed E-state index contributed by atoms with van der Waals surface area (Å²) >= 11 is 1.21. The summed E-state index contributed by atoms with van der Waals surface area (Å²) in [4.78, 5) is 15.8. The summed E-state index contributed by atoms with van der Waals surface area (Å²) in [5.41, 5.74) is 1.99. The number of para-hydroxylation sites is 1. The number of thiazole rings is 1. The van der Waals surface area contributed by atoms with Gasteiger partial charge in [-0.1, -0.05) is 23.5 Å². The minimum Gasteiger partial charge on any atom is -0.299 e. The van der Waals surface area contributed by atoms with Crippen LogP contribution in [0.5, 0.6) is 0 Å². The van der Waals surface area contributed by atoms with Crippen LogP contribution in [0.25, 0.3) is 10.2 Å². The van der Waals surface area contributed by atoms with Crippen molar-refractivity contribution in [3.05, 3.63) is 24.3 Å². The van der Waals surface area contributed by atoms with Crippen LogP contribution in [0.4, 0.5) is 18.3 Å². The third kappa shape index (κ3) is 2.96. The number of carbonyl (C=O) groups excluding carboxylic acids is 1. The maximum absolute atomic E-state index is 13.1. The van der Waals surface area contributed by atoms with Crippen molar-refractivity contribution in [2.24, 2.45) is 11.0 Å². The monoisotopic (exact) mass is 327 g/mol. The molecule has 4 nitrogen and oxygen atoms in total. The Kier molecular flexibility index (Phi) is 3.86. The summed E-state index contributed by atoms with van der Waals surface area (Å²) in [6.07, 6.45) is -3.78. The molecule has 0 saturated heterocycles. The Balaban J connectivity index is 1.87. The largest absolute Gasteiger partial charge is 0.431 e. The van der Waals surface area contributed by atoms with E-state index >= 15 is 0 Å². The maximum Gasteiger partial charge on any atom is 0.431 e. The molecule has 3 rings (SSSR count). The molecule has 1 aliphatic carbocycles. The Morgan fingerprint density at radius 3 is 2.77 bits per heavy atom. The van der Waals surface area contributed by atoms with Crippen molar-refractivity contribution in [3.63, 3.8) is 0 Å². The first-order chi connectivity index (χ1) is 10.4. The van der Waals surface area contributed by atoms with Gasteiger partial charge in [0.25, 0.3) is 0 Å². The molecule has 116 valence electrons. The van der Waals surface area contributed by atoms with Gasteiger partial charge in [-0.05, 0) is 25.0 Å². The van der Waals surface area contributed by atoms with E-state index in [1.165, 1.54) is 11.3 Å². The number of nitrogens with zero attached hydrogens (tertiary/aromatic N) is 2. The number of hydrogen-bond donors (Lipinski definition) is 1. The number of rotatable bonds is 3. The highest BCUT2D eigenvalue weighted by Crippen LogP contribution is 2.32. The fourth-order valence-electron chi connectivity index (χ4n) is 2.47. The molecule has 0 amide bonds. The van der Waals surface area contributed by atoms with Gasteiger partial charge in [0, 0.05) is 6.42 Å². The van der Waals surface area contributed by atoms with Gasteiger partial charge in [-0.3, -0.25) is 10.2 Å². The van der Waals surface area contributed by atoms with Crippen LogP contribution in [0, 0.1) is 5.92 Å². The second kappa shape index (κ2) is 5.68. The van der Waals surface area contributed by atoms with Crippen molar-refractivity contribution in [2.45, 2.75) is 25.4 Å². The predicted molar refractivity (Wildman–Crippen MR) is 79.1 cm³/mol. The second-order valence-electron chi connectivity index (χ2n) is 5.00. The molecular formula is C14H12F3N3OS. The molecule has 1 saturated carbocycles. The van der Waals surface area contributed by atoms with Crippen LogP contribution in [0.15, 0.2) is 29.4 Å². The lowest BCUT2D eigenvalue weighted by atomic mass is 10.0. The predicted octanol–water partition coefficient (Wildman–Crippen LogP) is 4.00. The summed E-state index contributed by atoms with van der Waals surface area (Å²) in [5.74, 6) is -1.57. The fourth-order valence-corrected chi connectivity index (χ4v) is 3.28. The van der Waals surface area contributed by atoms with Gasteiger partial charge < -0.3 is 0 Å². The van der Waals surface area contributed by atoms with E-state index in [4.69, 9.17) is 0 Å². The molecule has 0 spiro atoms. The fraction of sp³-hybridized carbons (Fsp3) is 0.357. The number of alkyl halides is 3. The van der Waals surface area contributed by atoms with Gasteiger partial charge in [0.05, 0.1) is 16.1 Å². The topological polar surface area (TPSA) is 54.4 Å². The van der Waals surface area contributed by atoms with Gasteiger partial charge in [0.15, 0.2) is 5.71 Å². The number of Topliss-reactive ketones (excluding diaryl/α,β-unsaturated/α-hetero) is 1. The van der Waals surface area contributed by atoms with E-state index in [9.17, 15) is 18.0 Å². The molecule has 0 radical (unpaired) electrons. The van der Waals surface area contributed by atoms with Crippen molar-refractivity contribution in [3.8, 4) is 0 Å². The molecule has 1 aromatic heterocycles. The van der Waals surface area contributed by atoms with Crippen LogP contribution in [-0.4, -0.2) is 22.7 Å². The van der Waals surface area contributed by atoms with Gasteiger partial charge >= 0.3 is 6.18 Å². The molecule has 1 aliphatic rings. The number of carbonyl (C=O) groups is 1. The van der Waals surface area contributed by atoms with Gasteiger partial charge in [0.2, 0.25) is 5.13 Å². The number of aromatic nitrogens is 1. The van der Waals surface area contributed by atoms with Crippen LogP contribution in [-0.2, 0) is 4.79 Å². The van der Waals surface area contributed by atoms with E-state index in [1.807, 2.05) is 12.1 Å².